The fraction of sp³-hybridized carbons (Fsp3) is 0.211. The summed E-state index contributed by atoms with van der Waals surface area (Å²) >= 11 is 0. The van der Waals surface area contributed by atoms with E-state index in [1.807, 2.05) is 24.3 Å². The van der Waals surface area contributed by atoms with Crippen LogP contribution in [0.1, 0.15) is 27.6 Å². The summed E-state index contributed by atoms with van der Waals surface area (Å²) in [6.45, 7) is 0.290. The molecule has 1 amide bonds. The van der Waals surface area contributed by atoms with E-state index < -0.39 is 0 Å². The number of methoxy groups -OCH3 is 1. The van der Waals surface area contributed by atoms with Gasteiger partial charge in [0.25, 0.3) is 5.91 Å². The van der Waals surface area contributed by atoms with Crippen molar-refractivity contribution < 1.29 is 9.53 Å². The maximum absolute atomic E-state index is 12.1. The molecule has 134 valence electrons. The van der Waals surface area contributed by atoms with Crippen LogP contribution in [0.3, 0.4) is 0 Å². The largest absolute Gasteiger partial charge is 0.497 e. The van der Waals surface area contributed by atoms with Gasteiger partial charge < -0.3 is 15.8 Å². The first-order chi connectivity index (χ1) is 12.6. The van der Waals surface area contributed by atoms with Crippen LogP contribution in [0.25, 0.3) is 0 Å². The predicted molar refractivity (Wildman–Crippen MR) is 98.8 cm³/mol. The summed E-state index contributed by atoms with van der Waals surface area (Å²) in [6, 6.07) is 14.7. The van der Waals surface area contributed by atoms with E-state index in [-0.39, 0.29) is 5.91 Å². The second kappa shape index (κ2) is 8.15. The molecule has 26 heavy (non-hydrogen) atoms. The number of nitrogen functional groups attached to an aromatic ring is 1. The number of aryl methyl sites for hydroxylation is 2. The Kier molecular flexibility index (Phi) is 5.48. The highest BCUT2D eigenvalue weighted by Gasteiger charge is 2.08. The molecule has 0 fully saturated rings. The highest BCUT2D eigenvalue weighted by molar-refractivity contribution is 5.94. The zero-order valence-corrected chi connectivity index (χ0v) is 14.5. The van der Waals surface area contributed by atoms with E-state index in [1.54, 1.807) is 31.4 Å². The van der Waals surface area contributed by atoms with E-state index in [0.29, 0.717) is 23.6 Å². The average molecular weight is 351 g/mol. The Morgan fingerprint density at radius 3 is 2.54 bits per heavy atom. The number of benzene rings is 2. The minimum absolute atomic E-state index is 0.179. The summed E-state index contributed by atoms with van der Waals surface area (Å²) < 4.78 is 5.15. The predicted octanol–water partition coefficient (Wildman–Crippen LogP) is 2.11. The molecule has 0 saturated heterocycles. The molecule has 0 aliphatic carbocycles. The fourth-order valence-corrected chi connectivity index (χ4v) is 2.47. The first kappa shape index (κ1) is 17.5. The fourth-order valence-electron chi connectivity index (χ4n) is 2.47. The van der Waals surface area contributed by atoms with Gasteiger partial charge in [0.15, 0.2) is 5.82 Å². The second-order valence-electron chi connectivity index (χ2n) is 5.85. The van der Waals surface area contributed by atoms with Crippen molar-refractivity contribution in [3.8, 4) is 5.75 Å². The van der Waals surface area contributed by atoms with E-state index in [2.05, 4.69) is 20.5 Å². The standard InChI is InChI=1S/C19H21N5O2/c1-26-16-9-2-13(3-10-16)4-11-17-22-18(24-23-17)12-21-19(25)14-5-7-15(20)8-6-14/h2-3,5-10H,4,11-12,20H2,1H3,(H,21,25)(H,22,23,24). The molecule has 0 bridgehead atoms. The molecule has 1 heterocycles. The number of anilines is 1. The van der Waals surface area contributed by atoms with Crippen LogP contribution in [0.4, 0.5) is 5.69 Å². The van der Waals surface area contributed by atoms with Gasteiger partial charge in [-0.15, -0.1) is 0 Å². The number of carbonyl (C=O) groups excluding carboxylic acids is 1. The lowest BCUT2D eigenvalue weighted by atomic mass is 10.1. The number of hydrogen-bond acceptors (Lipinski definition) is 5. The van der Waals surface area contributed by atoms with Crippen LogP contribution in [0.2, 0.25) is 0 Å². The summed E-state index contributed by atoms with van der Waals surface area (Å²) in [5, 5.41) is 9.87. The monoisotopic (exact) mass is 351 g/mol. The molecule has 7 heteroatoms. The van der Waals surface area contributed by atoms with Crippen molar-refractivity contribution in [3.63, 3.8) is 0 Å². The number of aromatic amines is 1. The molecule has 3 rings (SSSR count). The maximum Gasteiger partial charge on any atom is 0.251 e. The SMILES string of the molecule is COc1ccc(CCc2n[nH]c(CNC(=O)c3ccc(N)cc3)n2)cc1. The molecule has 1 aromatic heterocycles. The smallest absolute Gasteiger partial charge is 0.251 e. The van der Waals surface area contributed by atoms with Gasteiger partial charge in [-0.1, -0.05) is 12.1 Å². The van der Waals surface area contributed by atoms with Gasteiger partial charge in [-0.3, -0.25) is 9.89 Å². The Labute approximate surface area is 151 Å². The lowest BCUT2D eigenvalue weighted by Gasteiger charge is -2.03. The number of rotatable bonds is 7. The van der Waals surface area contributed by atoms with Gasteiger partial charge in [0, 0.05) is 17.7 Å². The molecular formula is C19H21N5O2. The molecule has 4 N–H and O–H groups in total. The first-order valence-corrected chi connectivity index (χ1v) is 8.31. The van der Waals surface area contributed by atoms with Gasteiger partial charge >= 0.3 is 0 Å². The number of nitrogens with two attached hydrogens (primary N) is 1. The zero-order chi connectivity index (χ0) is 18.4. The zero-order valence-electron chi connectivity index (χ0n) is 14.5. The second-order valence-corrected chi connectivity index (χ2v) is 5.85. The first-order valence-electron chi connectivity index (χ1n) is 8.31. The molecule has 0 saturated carbocycles. The lowest BCUT2D eigenvalue weighted by Crippen LogP contribution is -2.23. The van der Waals surface area contributed by atoms with E-state index >= 15 is 0 Å². The van der Waals surface area contributed by atoms with Gasteiger partial charge in [-0.2, -0.15) is 5.10 Å². The number of nitrogens with zero attached hydrogens (tertiary/aromatic N) is 2. The Morgan fingerprint density at radius 1 is 1.12 bits per heavy atom. The lowest BCUT2D eigenvalue weighted by molar-refractivity contribution is 0.0950. The third kappa shape index (κ3) is 4.60. The van der Waals surface area contributed by atoms with Crippen LogP contribution in [0.15, 0.2) is 48.5 Å². The van der Waals surface area contributed by atoms with Crippen LogP contribution < -0.4 is 15.8 Å². The van der Waals surface area contributed by atoms with E-state index in [1.165, 1.54) is 5.56 Å². The Hall–Kier alpha value is -3.35. The summed E-state index contributed by atoms with van der Waals surface area (Å²) in [5.41, 5.74) is 7.98. The number of ether oxygens (including phenoxy) is 1. The van der Waals surface area contributed by atoms with Crippen molar-refractivity contribution in [2.24, 2.45) is 0 Å². The number of hydrogen-bond donors (Lipinski definition) is 3. The van der Waals surface area contributed by atoms with Crippen molar-refractivity contribution in [2.75, 3.05) is 12.8 Å². The molecule has 2 aromatic carbocycles. The molecular weight excluding hydrogens is 330 g/mol. The molecule has 0 aliphatic rings. The number of carbonyl (C=O) groups is 1. The van der Waals surface area contributed by atoms with Crippen molar-refractivity contribution >= 4 is 11.6 Å². The molecule has 3 aromatic rings. The molecule has 0 atom stereocenters. The van der Waals surface area contributed by atoms with E-state index in [4.69, 9.17) is 10.5 Å². The quantitative estimate of drug-likeness (QED) is 0.565. The van der Waals surface area contributed by atoms with Crippen molar-refractivity contribution in [3.05, 3.63) is 71.3 Å². The van der Waals surface area contributed by atoms with Crippen molar-refractivity contribution in [1.29, 1.82) is 0 Å². The molecule has 0 spiro atoms. The summed E-state index contributed by atoms with van der Waals surface area (Å²) in [7, 11) is 1.65. The molecule has 0 unspecified atom stereocenters. The highest BCUT2D eigenvalue weighted by atomic mass is 16.5. The minimum atomic E-state index is -0.179. The molecule has 0 aliphatic heterocycles. The maximum atomic E-state index is 12.1. The third-order valence-electron chi connectivity index (χ3n) is 3.96. The summed E-state index contributed by atoms with van der Waals surface area (Å²) in [5.74, 6) is 2.00. The third-order valence-corrected chi connectivity index (χ3v) is 3.96. The molecule has 0 radical (unpaired) electrons. The minimum Gasteiger partial charge on any atom is -0.497 e. The van der Waals surface area contributed by atoms with Crippen LogP contribution in [0.5, 0.6) is 5.75 Å². The number of aromatic nitrogens is 3. The highest BCUT2D eigenvalue weighted by Crippen LogP contribution is 2.12. The van der Waals surface area contributed by atoms with Crippen molar-refractivity contribution in [2.45, 2.75) is 19.4 Å². The van der Waals surface area contributed by atoms with Crippen molar-refractivity contribution in [1.82, 2.24) is 20.5 Å². The number of nitrogens with one attached hydrogen (secondary N) is 2. The Morgan fingerprint density at radius 2 is 1.85 bits per heavy atom. The number of amides is 1. The van der Waals surface area contributed by atoms with Gasteiger partial charge in [0.05, 0.1) is 13.7 Å². The Balaban J connectivity index is 1.49. The van der Waals surface area contributed by atoms with E-state index in [9.17, 15) is 4.79 Å². The van der Waals surface area contributed by atoms with Crippen LogP contribution in [-0.4, -0.2) is 28.2 Å². The van der Waals surface area contributed by atoms with Gasteiger partial charge in [-0.05, 0) is 48.4 Å². The van der Waals surface area contributed by atoms with Crippen LogP contribution >= 0.6 is 0 Å². The summed E-state index contributed by atoms with van der Waals surface area (Å²) in [6.07, 6.45) is 1.55. The summed E-state index contributed by atoms with van der Waals surface area (Å²) in [4.78, 5) is 16.5. The van der Waals surface area contributed by atoms with Gasteiger partial charge in [0.2, 0.25) is 0 Å². The Bertz CT molecular complexity index is 856. The van der Waals surface area contributed by atoms with E-state index in [0.717, 1.165) is 24.4 Å². The average Bonchev–Trinajstić information content (AvgIpc) is 3.13. The van der Waals surface area contributed by atoms with Gasteiger partial charge in [0.1, 0.15) is 11.6 Å². The van der Waals surface area contributed by atoms with Gasteiger partial charge in [-0.25, -0.2) is 4.98 Å². The topological polar surface area (TPSA) is 106 Å². The molecule has 7 nitrogen and oxygen atoms in total. The normalized spacial score (nSPS) is 10.5. The van der Waals surface area contributed by atoms with Crippen LogP contribution in [0, 0.1) is 0 Å². The van der Waals surface area contributed by atoms with Crippen LogP contribution in [-0.2, 0) is 19.4 Å². The number of H-pyrrole nitrogens is 1.